The summed E-state index contributed by atoms with van der Waals surface area (Å²) in [7, 11) is 0. The van der Waals surface area contributed by atoms with E-state index in [4.69, 9.17) is 11.6 Å². The molecule has 0 bridgehead atoms. The van der Waals surface area contributed by atoms with E-state index in [1.807, 2.05) is 0 Å². The molecule has 1 nitrogen and oxygen atoms in total. The first kappa shape index (κ1) is 8.44. The predicted molar refractivity (Wildman–Crippen MR) is 39.4 cm³/mol. The molecule has 50 valence electrons. The maximum Gasteiger partial charge on any atom is 0.228 e. The summed E-state index contributed by atoms with van der Waals surface area (Å²) in [5.41, 5.74) is 0. The molecule has 0 aromatic rings. The van der Waals surface area contributed by atoms with Crippen molar-refractivity contribution in [2.24, 2.45) is 5.92 Å². The molecule has 1 unspecified atom stereocenters. The number of rotatable bonds is 3. The molecule has 0 fully saturated rings. The van der Waals surface area contributed by atoms with Gasteiger partial charge in [0.05, 0.1) is 0 Å². The highest BCUT2D eigenvalue weighted by Crippen LogP contribution is 2.01. The third kappa shape index (κ3) is 3.98. The molecular weight excluding hydrogens is 136 g/mol. The molecule has 0 saturated heterocycles. The summed E-state index contributed by atoms with van der Waals surface area (Å²) in [6.45, 7) is 5.18. The molecule has 0 aromatic carbocycles. The fourth-order valence-corrected chi connectivity index (χ4v) is 0.394. The van der Waals surface area contributed by atoms with Gasteiger partial charge in [0.2, 0.25) is 5.24 Å². The van der Waals surface area contributed by atoms with E-state index in [2.05, 4.69) is 6.58 Å². The zero-order valence-electron chi connectivity index (χ0n) is 5.30. The SMILES string of the molecule is C=CC=CC(C)C(=O)Cl. The van der Waals surface area contributed by atoms with Crippen LogP contribution in [-0.4, -0.2) is 5.24 Å². The van der Waals surface area contributed by atoms with Crippen LogP contribution in [0.15, 0.2) is 24.8 Å². The van der Waals surface area contributed by atoms with E-state index < -0.39 is 0 Å². The fraction of sp³-hybridized carbons (Fsp3) is 0.286. The van der Waals surface area contributed by atoms with Crippen molar-refractivity contribution in [3.63, 3.8) is 0 Å². The van der Waals surface area contributed by atoms with Crippen molar-refractivity contribution in [3.8, 4) is 0 Å². The average molecular weight is 145 g/mol. The Balaban J connectivity index is 3.75. The second-order valence-corrected chi connectivity index (χ2v) is 2.09. The van der Waals surface area contributed by atoms with Gasteiger partial charge in [-0.2, -0.15) is 0 Å². The van der Waals surface area contributed by atoms with E-state index in [9.17, 15) is 4.79 Å². The first-order valence-corrected chi connectivity index (χ1v) is 3.05. The zero-order valence-corrected chi connectivity index (χ0v) is 6.06. The fourth-order valence-electron chi connectivity index (χ4n) is 0.321. The first-order chi connectivity index (χ1) is 4.18. The van der Waals surface area contributed by atoms with Crippen molar-refractivity contribution in [3.05, 3.63) is 24.8 Å². The van der Waals surface area contributed by atoms with Crippen molar-refractivity contribution in [2.75, 3.05) is 0 Å². The Labute approximate surface area is 60.0 Å². The maximum atomic E-state index is 10.3. The third-order valence-electron chi connectivity index (χ3n) is 0.894. The summed E-state index contributed by atoms with van der Waals surface area (Å²) in [5.74, 6) is -0.204. The van der Waals surface area contributed by atoms with Crippen LogP contribution in [0, 0.1) is 5.92 Å². The Morgan fingerprint density at radius 3 is 2.67 bits per heavy atom. The smallest absolute Gasteiger partial charge is 0.228 e. The molecule has 0 amide bonds. The van der Waals surface area contributed by atoms with Gasteiger partial charge in [0.15, 0.2) is 0 Å². The summed E-state index contributed by atoms with van der Waals surface area (Å²) in [6, 6.07) is 0. The number of halogens is 1. The van der Waals surface area contributed by atoms with E-state index in [0.29, 0.717) is 0 Å². The quantitative estimate of drug-likeness (QED) is 0.438. The van der Waals surface area contributed by atoms with Gasteiger partial charge in [-0.05, 0) is 11.6 Å². The Hall–Kier alpha value is -0.560. The summed E-state index contributed by atoms with van der Waals surface area (Å²) in [5, 5.41) is -0.340. The summed E-state index contributed by atoms with van der Waals surface area (Å²) in [4.78, 5) is 10.3. The van der Waals surface area contributed by atoms with Crippen LogP contribution in [0.2, 0.25) is 0 Å². The van der Waals surface area contributed by atoms with Crippen LogP contribution in [0.25, 0.3) is 0 Å². The molecule has 2 heteroatoms. The molecule has 0 heterocycles. The minimum Gasteiger partial charge on any atom is -0.281 e. The molecule has 0 aliphatic heterocycles. The monoisotopic (exact) mass is 144 g/mol. The van der Waals surface area contributed by atoms with Crippen molar-refractivity contribution in [1.82, 2.24) is 0 Å². The molecule has 0 aliphatic rings. The van der Waals surface area contributed by atoms with Crippen molar-refractivity contribution in [2.45, 2.75) is 6.92 Å². The lowest BCUT2D eigenvalue weighted by atomic mass is 10.2. The molecule has 0 saturated carbocycles. The van der Waals surface area contributed by atoms with Gasteiger partial charge in [0.1, 0.15) is 0 Å². The average Bonchev–Trinajstić information content (AvgIpc) is 1.82. The number of allylic oxidation sites excluding steroid dienone is 3. The topological polar surface area (TPSA) is 17.1 Å². The van der Waals surface area contributed by atoms with Gasteiger partial charge in [-0.15, -0.1) is 0 Å². The van der Waals surface area contributed by atoms with Crippen LogP contribution >= 0.6 is 11.6 Å². The van der Waals surface area contributed by atoms with Crippen LogP contribution in [0.4, 0.5) is 0 Å². The molecule has 0 aliphatic carbocycles. The molecule has 0 rings (SSSR count). The zero-order chi connectivity index (χ0) is 7.28. The van der Waals surface area contributed by atoms with Crippen LogP contribution < -0.4 is 0 Å². The summed E-state index contributed by atoms with van der Waals surface area (Å²) < 4.78 is 0. The van der Waals surface area contributed by atoms with Gasteiger partial charge in [-0.25, -0.2) is 0 Å². The van der Waals surface area contributed by atoms with Crippen LogP contribution in [0.1, 0.15) is 6.92 Å². The normalized spacial score (nSPS) is 13.6. The second-order valence-electron chi connectivity index (χ2n) is 1.71. The lowest BCUT2D eigenvalue weighted by Gasteiger charge is -1.93. The van der Waals surface area contributed by atoms with Gasteiger partial charge in [0, 0.05) is 5.92 Å². The van der Waals surface area contributed by atoms with Crippen LogP contribution in [-0.2, 0) is 4.79 Å². The van der Waals surface area contributed by atoms with Gasteiger partial charge in [-0.3, -0.25) is 4.79 Å². The predicted octanol–water partition coefficient (Wildman–Crippen LogP) is 2.13. The molecule has 0 radical (unpaired) electrons. The van der Waals surface area contributed by atoms with E-state index in [1.54, 1.807) is 25.2 Å². The van der Waals surface area contributed by atoms with E-state index in [1.165, 1.54) is 0 Å². The number of carbonyl (C=O) groups excluding carboxylic acids is 1. The van der Waals surface area contributed by atoms with Gasteiger partial charge < -0.3 is 0 Å². The maximum absolute atomic E-state index is 10.3. The number of carbonyl (C=O) groups is 1. The van der Waals surface area contributed by atoms with E-state index >= 15 is 0 Å². The lowest BCUT2D eigenvalue weighted by Crippen LogP contribution is -1.97. The Kier molecular flexibility index (Phi) is 4.06. The van der Waals surface area contributed by atoms with Crippen molar-refractivity contribution < 1.29 is 4.79 Å². The Morgan fingerprint density at radius 2 is 2.33 bits per heavy atom. The molecule has 0 N–H and O–H groups in total. The molecule has 0 spiro atoms. The van der Waals surface area contributed by atoms with Crippen molar-refractivity contribution in [1.29, 1.82) is 0 Å². The highest BCUT2D eigenvalue weighted by molar-refractivity contribution is 6.64. The minimum atomic E-state index is -0.340. The number of hydrogen-bond donors (Lipinski definition) is 0. The first-order valence-electron chi connectivity index (χ1n) is 2.67. The standard InChI is InChI=1S/C7H9ClO/c1-3-4-5-6(2)7(8)9/h3-6H,1H2,2H3. The highest BCUT2D eigenvalue weighted by atomic mass is 35.5. The van der Waals surface area contributed by atoms with Crippen LogP contribution in [0.3, 0.4) is 0 Å². The lowest BCUT2D eigenvalue weighted by molar-refractivity contribution is -0.113. The molecule has 9 heavy (non-hydrogen) atoms. The minimum absolute atomic E-state index is 0.204. The molecule has 0 aromatic heterocycles. The summed E-state index contributed by atoms with van der Waals surface area (Å²) in [6.07, 6.45) is 5.00. The van der Waals surface area contributed by atoms with Gasteiger partial charge >= 0.3 is 0 Å². The summed E-state index contributed by atoms with van der Waals surface area (Å²) >= 11 is 5.14. The Morgan fingerprint density at radius 1 is 1.78 bits per heavy atom. The molecule has 1 atom stereocenters. The highest BCUT2D eigenvalue weighted by Gasteiger charge is 2.02. The van der Waals surface area contributed by atoms with E-state index in [0.717, 1.165) is 0 Å². The van der Waals surface area contributed by atoms with E-state index in [-0.39, 0.29) is 11.2 Å². The van der Waals surface area contributed by atoms with Gasteiger partial charge in [-0.1, -0.05) is 31.7 Å². The van der Waals surface area contributed by atoms with Gasteiger partial charge in [0.25, 0.3) is 0 Å². The largest absolute Gasteiger partial charge is 0.281 e. The molecular formula is C7H9ClO. The van der Waals surface area contributed by atoms with Crippen LogP contribution in [0.5, 0.6) is 0 Å². The number of hydrogen-bond acceptors (Lipinski definition) is 1. The van der Waals surface area contributed by atoms with Crippen molar-refractivity contribution >= 4 is 16.8 Å². The third-order valence-corrected chi connectivity index (χ3v) is 1.24. The Bertz CT molecular complexity index is 138. The second kappa shape index (κ2) is 4.33.